The van der Waals surface area contributed by atoms with Gasteiger partial charge in [0, 0.05) is 19.5 Å². The van der Waals surface area contributed by atoms with Gasteiger partial charge in [-0.15, -0.1) is 0 Å². The molecule has 0 saturated carbocycles. The lowest BCUT2D eigenvalue weighted by Crippen LogP contribution is -2.33. The van der Waals surface area contributed by atoms with Crippen LogP contribution in [0.5, 0.6) is 0 Å². The lowest BCUT2D eigenvalue weighted by Gasteiger charge is -2.20. The van der Waals surface area contributed by atoms with Gasteiger partial charge in [0.05, 0.1) is 12.3 Å². The molecule has 1 unspecified atom stereocenters. The van der Waals surface area contributed by atoms with Crippen LogP contribution in [0, 0.1) is 0 Å². The molecule has 0 aliphatic carbocycles. The van der Waals surface area contributed by atoms with Crippen molar-refractivity contribution in [3.8, 4) is 0 Å². The number of aryl methyl sites for hydroxylation is 1. The number of oxazole rings is 1. The van der Waals surface area contributed by atoms with Crippen LogP contribution in [-0.2, 0) is 11.2 Å². The fraction of sp³-hybridized carbons (Fsp3) is 0.750. The topological polar surface area (TPSA) is 47.3 Å². The molecule has 1 aromatic heterocycles. The first-order valence-electron chi connectivity index (χ1n) is 6.04. The zero-order chi connectivity index (χ0) is 11.5. The first kappa shape index (κ1) is 11.6. The van der Waals surface area contributed by atoms with Gasteiger partial charge in [-0.1, -0.05) is 20.8 Å². The summed E-state index contributed by atoms with van der Waals surface area (Å²) in [5, 5.41) is 3.28. The summed E-state index contributed by atoms with van der Waals surface area (Å²) < 4.78 is 11.4. The fourth-order valence-corrected chi connectivity index (χ4v) is 1.95. The highest BCUT2D eigenvalue weighted by Gasteiger charge is 2.24. The number of hydrogen-bond donors (Lipinski definition) is 1. The molecule has 2 rings (SSSR count). The fourth-order valence-electron chi connectivity index (χ4n) is 1.95. The number of ether oxygens (including phenoxy) is 1. The monoisotopic (exact) mass is 224 g/mol. The van der Waals surface area contributed by atoms with Gasteiger partial charge in [0.1, 0.15) is 11.9 Å². The van der Waals surface area contributed by atoms with Crippen LogP contribution in [-0.4, -0.2) is 24.7 Å². The lowest BCUT2D eigenvalue weighted by atomic mass is 10.1. The maximum atomic E-state index is 5.79. The van der Waals surface area contributed by atoms with Crippen molar-refractivity contribution in [1.82, 2.24) is 10.3 Å². The van der Waals surface area contributed by atoms with Crippen LogP contribution in [0.3, 0.4) is 0 Å². The molecule has 4 heteroatoms. The van der Waals surface area contributed by atoms with Crippen molar-refractivity contribution in [3.05, 3.63) is 17.3 Å². The van der Waals surface area contributed by atoms with Crippen molar-refractivity contribution >= 4 is 0 Å². The van der Waals surface area contributed by atoms with Gasteiger partial charge in [-0.25, -0.2) is 4.98 Å². The maximum absolute atomic E-state index is 5.79. The van der Waals surface area contributed by atoms with E-state index in [0.717, 1.165) is 43.5 Å². The summed E-state index contributed by atoms with van der Waals surface area (Å²) in [7, 11) is 0. The minimum Gasteiger partial charge on any atom is -0.443 e. The van der Waals surface area contributed by atoms with Crippen LogP contribution in [0.1, 0.15) is 50.1 Å². The number of nitrogens with one attached hydrogen (secondary N) is 1. The Bertz CT molecular complexity index is 341. The quantitative estimate of drug-likeness (QED) is 0.853. The van der Waals surface area contributed by atoms with E-state index in [0.29, 0.717) is 5.92 Å². The highest BCUT2D eigenvalue weighted by molar-refractivity contribution is 5.15. The van der Waals surface area contributed by atoms with Gasteiger partial charge >= 0.3 is 0 Å². The molecule has 4 nitrogen and oxygen atoms in total. The highest BCUT2D eigenvalue weighted by Crippen LogP contribution is 2.25. The molecule has 1 N–H and O–H groups in total. The Kier molecular flexibility index (Phi) is 3.61. The number of morpholine rings is 1. The molecule has 1 aromatic rings. The van der Waals surface area contributed by atoms with Crippen LogP contribution in [0.2, 0.25) is 0 Å². The third-order valence-corrected chi connectivity index (χ3v) is 2.82. The van der Waals surface area contributed by atoms with Gasteiger partial charge in [0.25, 0.3) is 0 Å². The molecule has 1 atom stereocenters. The van der Waals surface area contributed by atoms with Gasteiger partial charge in [0.2, 0.25) is 5.89 Å². The summed E-state index contributed by atoms with van der Waals surface area (Å²) in [6.45, 7) is 8.80. The largest absolute Gasteiger partial charge is 0.443 e. The second kappa shape index (κ2) is 4.97. The van der Waals surface area contributed by atoms with E-state index >= 15 is 0 Å². The Labute approximate surface area is 96.4 Å². The maximum Gasteiger partial charge on any atom is 0.225 e. The molecule has 1 saturated heterocycles. The van der Waals surface area contributed by atoms with Crippen molar-refractivity contribution < 1.29 is 9.15 Å². The molecule has 1 aliphatic heterocycles. The number of aromatic nitrogens is 1. The van der Waals surface area contributed by atoms with Crippen LogP contribution < -0.4 is 5.32 Å². The Morgan fingerprint density at radius 3 is 2.81 bits per heavy atom. The number of hydrogen-bond acceptors (Lipinski definition) is 4. The van der Waals surface area contributed by atoms with Crippen molar-refractivity contribution in [1.29, 1.82) is 0 Å². The summed E-state index contributed by atoms with van der Waals surface area (Å²) in [5.74, 6) is 2.14. The second-order valence-corrected chi connectivity index (χ2v) is 4.43. The molecule has 0 spiro atoms. The van der Waals surface area contributed by atoms with Crippen molar-refractivity contribution in [2.45, 2.75) is 39.2 Å². The average molecular weight is 224 g/mol. The predicted molar refractivity (Wildman–Crippen MR) is 61.5 cm³/mol. The van der Waals surface area contributed by atoms with E-state index < -0.39 is 0 Å². The molecule has 90 valence electrons. The van der Waals surface area contributed by atoms with Crippen molar-refractivity contribution in [2.75, 3.05) is 19.7 Å². The summed E-state index contributed by atoms with van der Waals surface area (Å²) in [6.07, 6.45) is 0.868. The van der Waals surface area contributed by atoms with E-state index in [1.165, 1.54) is 0 Å². The van der Waals surface area contributed by atoms with E-state index in [9.17, 15) is 0 Å². The Morgan fingerprint density at radius 2 is 2.31 bits per heavy atom. The minimum atomic E-state index is -0.0217. The molecule has 0 bridgehead atoms. The second-order valence-electron chi connectivity index (χ2n) is 4.43. The molecular formula is C12H20N2O2. The summed E-state index contributed by atoms with van der Waals surface area (Å²) in [6, 6.07) is 0. The van der Waals surface area contributed by atoms with Crippen LogP contribution in [0.25, 0.3) is 0 Å². The van der Waals surface area contributed by atoms with Gasteiger partial charge < -0.3 is 14.5 Å². The van der Waals surface area contributed by atoms with E-state index in [1.54, 1.807) is 0 Å². The molecule has 0 radical (unpaired) electrons. The molecule has 1 fully saturated rings. The first-order valence-corrected chi connectivity index (χ1v) is 6.04. The highest BCUT2D eigenvalue weighted by atomic mass is 16.5. The SMILES string of the molecule is CCc1oc(C2CNCCO2)nc1C(C)C. The lowest BCUT2D eigenvalue weighted by molar-refractivity contribution is 0.0103. The molecule has 0 amide bonds. The Hall–Kier alpha value is -0.870. The first-order chi connectivity index (χ1) is 7.72. The van der Waals surface area contributed by atoms with Crippen LogP contribution in [0.4, 0.5) is 0 Å². The Morgan fingerprint density at radius 1 is 1.50 bits per heavy atom. The molecule has 2 heterocycles. The minimum absolute atomic E-state index is 0.0217. The van der Waals surface area contributed by atoms with Gasteiger partial charge in [-0.2, -0.15) is 0 Å². The molecule has 16 heavy (non-hydrogen) atoms. The summed E-state index contributed by atoms with van der Waals surface area (Å²) in [5.41, 5.74) is 1.08. The van der Waals surface area contributed by atoms with Crippen LogP contribution >= 0.6 is 0 Å². The molecular weight excluding hydrogens is 204 g/mol. The zero-order valence-corrected chi connectivity index (χ0v) is 10.2. The predicted octanol–water partition coefficient (Wildman–Crippen LogP) is 2.02. The average Bonchev–Trinajstić information content (AvgIpc) is 2.74. The van der Waals surface area contributed by atoms with Gasteiger partial charge in [-0.05, 0) is 5.92 Å². The zero-order valence-electron chi connectivity index (χ0n) is 10.2. The number of nitrogens with zero attached hydrogens (tertiary/aromatic N) is 1. The smallest absolute Gasteiger partial charge is 0.225 e. The Balaban J connectivity index is 2.20. The van der Waals surface area contributed by atoms with Gasteiger partial charge in [-0.3, -0.25) is 0 Å². The van der Waals surface area contributed by atoms with Crippen molar-refractivity contribution in [3.63, 3.8) is 0 Å². The number of rotatable bonds is 3. The van der Waals surface area contributed by atoms with E-state index in [1.807, 2.05) is 0 Å². The summed E-state index contributed by atoms with van der Waals surface area (Å²) >= 11 is 0. The summed E-state index contributed by atoms with van der Waals surface area (Å²) in [4.78, 5) is 4.57. The van der Waals surface area contributed by atoms with E-state index in [-0.39, 0.29) is 6.10 Å². The van der Waals surface area contributed by atoms with Crippen molar-refractivity contribution in [2.24, 2.45) is 0 Å². The third kappa shape index (κ3) is 2.28. The third-order valence-electron chi connectivity index (χ3n) is 2.82. The molecule has 1 aliphatic rings. The van der Waals surface area contributed by atoms with E-state index in [4.69, 9.17) is 9.15 Å². The normalized spacial score (nSPS) is 21.6. The standard InChI is InChI=1S/C12H20N2O2/c1-4-9-11(8(2)3)14-12(16-9)10-7-13-5-6-15-10/h8,10,13H,4-7H2,1-3H3. The van der Waals surface area contributed by atoms with E-state index in [2.05, 4.69) is 31.1 Å². The molecule has 0 aromatic carbocycles. The van der Waals surface area contributed by atoms with Crippen LogP contribution in [0.15, 0.2) is 4.42 Å². The van der Waals surface area contributed by atoms with Gasteiger partial charge in [0.15, 0.2) is 0 Å².